The maximum Gasteiger partial charge on any atom is 0.159 e. The zero-order valence-electron chi connectivity index (χ0n) is 11.9. The Bertz CT molecular complexity index is 507. The van der Waals surface area contributed by atoms with Crippen LogP contribution in [0.25, 0.3) is 0 Å². The van der Waals surface area contributed by atoms with E-state index in [1.54, 1.807) is 25.3 Å². The molecule has 1 heterocycles. The van der Waals surface area contributed by atoms with Crippen LogP contribution in [0, 0.1) is 0 Å². The number of carbonyl (C=O) groups excluding carboxylic acids is 1. The topological polar surface area (TPSA) is 52.6 Å². The molecule has 1 aliphatic heterocycles. The number of rotatable bonds is 5. The number of hydrogen-bond donors (Lipinski definition) is 0. The van der Waals surface area contributed by atoms with E-state index >= 15 is 0 Å². The lowest BCUT2D eigenvalue weighted by atomic mass is 10.1. The Kier molecular flexibility index (Phi) is 5.31. The highest BCUT2D eigenvalue weighted by Crippen LogP contribution is 2.24. The van der Waals surface area contributed by atoms with E-state index in [-0.39, 0.29) is 11.0 Å². The molecule has 1 fully saturated rings. The molecule has 0 radical (unpaired) electrons. The van der Waals surface area contributed by atoms with Gasteiger partial charge in [0, 0.05) is 40.4 Å². The zero-order chi connectivity index (χ0) is 14.5. The molecule has 0 aromatic heterocycles. The number of ketones is 1. The van der Waals surface area contributed by atoms with Gasteiger partial charge < -0.3 is 9.47 Å². The van der Waals surface area contributed by atoms with E-state index in [0.29, 0.717) is 30.3 Å². The second-order valence-electron chi connectivity index (χ2n) is 4.92. The summed E-state index contributed by atoms with van der Waals surface area (Å²) in [6.45, 7) is 2.89. The number of ether oxygens (including phenoxy) is 2. The van der Waals surface area contributed by atoms with Crippen LogP contribution < -0.4 is 4.74 Å². The molecule has 0 amide bonds. The zero-order valence-corrected chi connectivity index (χ0v) is 12.7. The minimum atomic E-state index is -0.962. The summed E-state index contributed by atoms with van der Waals surface area (Å²) in [6.07, 6.45) is 1.67. The highest BCUT2D eigenvalue weighted by atomic mass is 32.2. The van der Waals surface area contributed by atoms with Crippen LogP contribution in [0.4, 0.5) is 0 Å². The minimum absolute atomic E-state index is 0.00533. The van der Waals surface area contributed by atoms with Crippen molar-refractivity contribution in [2.45, 2.75) is 30.8 Å². The smallest absolute Gasteiger partial charge is 0.159 e. The lowest BCUT2D eigenvalue weighted by Gasteiger charge is -2.21. The first-order valence-electron chi connectivity index (χ1n) is 6.74. The van der Waals surface area contributed by atoms with Gasteiger partial charge >= 0.3 is 0 Å². The van der Waals surface area contributed by atoms with E-state index in [9.17, 15) is 9.00 Å². The van der Waals surface area contributed by atoms with Crippen LogP contribution >= 0.6 is 0 Å². The van der Waals surface area contributed by atoms with Crippen LogP contribution in [-0.4, -0.2) is 35.6 Å². The Labute approximate surface area is 121 Å². The molecule has 1 aliphatic rings. The SMILES string of the molecule is COc1ccc(C(C)=O)cc1CS(=O)C1CCOCC1. The average molecular weight is 296 g/mol. The monoisotopic (exact) mass is 296 g/mol. The molecule has 0 aliphatic carbocycles. The molecule has 0 bridgehead atoms. The number of benzene rings is 1. The molecule has 1 atom stereocenters. The summed E-state index contributed by atoms with van der Waals surface area (Å²) >= 11 is 0. The standard InChI is InChI=1S/C15H20O4S/c1-11(16)12-3-4-15(18-2)13(9-12)10-20(17)14-5-7-19-8-6-14/h3-4,9,14H,5-8,10H2,1-2H3. The number of hydrogen-bond acceptors (Lipinski definition) is 4. The largest absolute Gasteiger partial charge is 0.496 e. The maximum atomic E-state index is 12.4. The highest BCUT2D eigenvalue weighted by molar-refractivity contribution is 7.84. The maximum absolute atomic E-state index is 12.4. The van der Waals surface area contributed by atoms with Crippen molar-refractivity contribution in [2.24, 2.45) is 0 Å². The van der Waals surface area contributed by atoms with Gasteiger partial charge in [-0.05, 0) is 38.0 Å². The lowest BCUT2D eigenvalue weighted by molar-refractivity contribution is 0.0991. The molecule has 2 rings (SSSR count). The van der Waals surface area contributed by atoms with Crippen LogP contribution in [0.1, 0.15) is 35.7 Å². The fraction of sp³-hybridized carbons (Fsp3) is 0.533. The molecule has 0 saturated carbocycles. The van der Waals surface area contributed by atoms with Gasteiger partial charge in [-0.15, -0.1) is 0 Å². The Morgan fingerprint density at radius 1 is 1.40 bits per heavy atom. The van der Waals surface area contributed by atoms with Gasteiger partial charge in [0.1, 0.15) is 5.75 Å². The first-order valence-corrected chi connectivity index (χ1v) is 8.13. The van der Waals surface area contributed by atoms with Crippen molar-refractivity contribution in [3.05, 3.63) is 29.3 Å². The molecule has 20 heavy (non-hydrogen) atoms. The van der Waals surface area contributed by atoms with Crippen molar-refractivity contribution >= 4 is 16.6 Å². The summed E-state index contributed by atoms with van der Waals surface area (Å²) in [7, 11) is 0.625. The normalized spacial score (nSPS) is 17.7. The summed E-state index contributed by atoms with van der Waals surface area (Å²) in [6, 6.07) is 5.30. The lowest BCUT2D eigenvalue weighted by Crippen LogP contribution is -2.25. The van der Waals surface area contributed by atoms with Crippen molar-refractivity contribution in [1.82, 2.24) is 0 Å². The van der Waals surface area contributed by atoms with Crippen molar-refractivity contribution in [2.75, 3.05) is 20.3 Å². The van der Waals surface area contributed by atoms with Gasteiger partial charge in [0.15, 0.2) is 5.78 Å². The molecular formula is C15H20O4S. The number of carbonyl (C=O) groups is 1. The van der Waals surface area contributed by atoms with E-state index in [4.69, 9.17) is 9.47 Å². The summed E-state index contributed by atoms with van der Waals surface area (Å²) in [4.78, 5) is 11.5. The molecule has 0 spiro atoms. The van der Waals surface area contributed by atoms with Crippen LogP contribution in [0.15, 0.2) is 18.2 Å². The van der Waals surface area contributed by atoms with Gasteiger partial charge in [0.25, 0.3) is 0 Å². The van der Waals surface area contributed by atoms with E-state index in [2.05, 4.69) is 0 Å². The van der Waals surface area contributed by atoms with E-state index < -0.39 is 10.8 Å². The van der Waals surface area contributed by atoms with Gasteiger partial charge in [-0.25, -0.2) is 0 Å². The minimum Gasteiger partial charge on any atom is -0.496 e. The summed E-state index contributed by atoms with van der Waals surface area (Å²) in [5.41, 5.74) is 1.47. The molecule has 110 valence electrons. The summed E-state index contributed by atoms with van der Waals surface area (Å²) in [5.74, 6) is 1.12. The van der Waals surface area contributed by atoms with Gasteiger partial charge in [0.05, 0.1) is 12.9 Å². The summed E-state index contributed by atoms with van der Waals surface area (Å²) < 4.78 is 23.0. The molecule has 1 saturated heterocycles. The van der Waals surface area contributed by atoms with Crippen LogP contribution in [0.3, 0.4) is 0 Å². The molecule has 1 aromatic rings. The first kappa shape index (κ1) is 15.2. The first-order chi connectivity index (χ1) is 9.61. The number of Topliss-reactive ketones (excluding diaryl/α,β-unsaturated/α-hetero) is 1. The molecule has 1 aromatic carbocycles. The molecule has 4 nitrogen and oxygen atoms in total. The molecule has 5 heteroatoms. The molecule has 0 N–H and O–H groups in total. The van der Waals surface area contributed by atoms with E-state index in [0.717, 1.165) is 18.4 Å². The Balaban J connectivity index is 2.15. The average Bonchev–Trinajstić information content (AvgIpc) is 2.48. The van der Waals surface area contributed by atoms with Crippen molar-refractivity contribution in [3.63, 3.8) is 0 Å². The van der Waals surface area contributed by atoms with Crippen LogP contribution in [0.5, 0.6) is 5.75 Å². The van der Waals surface area contributed by atoms with Gasteiger partial charge in [0.2, 0.25) is 0 Å². The van der Waals surface area contributed by atoms with Crippen molar-refractivity contribution in [1.29, 1.82) is 0 Å². The fourth-order valence-electron chi connectivity index (χ4n) is 2.32. The van der Waals surface area contributed by atoms with Gasteiger partial charge in [-0.1, -0.05) is 0 Å². The number of methoxy groups -OCH3 is 1. The van der Waals surface area contributed by atoms with Crippen LogP contribution in [-0.2, 0) is 21.3 Å². The van der Waals surface area contributed by atoms with Gasteiger partial charge in [-0.3, -0.25) is 9.00 Å². The third-order valence-corrected chi connectivity index (χ3v) is 5.34. The third kappa shape index (κ3) is 3.67. The van der Waals surface area contributed by atoms with E-state index in [1.165, 1.54) is 6.92 Å². The van der Waals surface area contributed by atoms with Crippen LogP contribution in [0.2, 0.25) is 0 Å². The Morgan fingerprint density at radius 3 is 2.70 bits per heavy atom. The van der Waals surface area contributed by atoms with E-state index in [1.807, 2.05) is 0 Å². The quantitative estimate of drug-likeness (QED) is 0.783. The van der Waals surface area contributed by atoms with Crippen molar-refractivity contribution < 1.29 is 18.5 Å². The second-order valence-corrected chi connectivity index (χ2v) is 6.64. The van der Waals surface area contributed by atoms with Crippen molar-refractivity contribution in [3.8, 4) is 5.75 Å². The van der Waals surface area contributed by atoms with Gasteiger partial charge in [-0.2, -0.15) is 0 Å². The summed E-state index contributed by atoms with van der Waals surface area (Å²) in [5, 5.41) is 0.175. The predicted molar refractivity (Wildman–Crippen MR) is 78.7 cm³/mol. The molecular weight excluding hydrogens is 276 g/mol. The Hall–Kier alpha value is -1.20. The second kappa shape index (κ2) is 6.99. The Morgan fingerprint density at radius 2 is 2.10 bits per heavy atom. The highest BCUT2D eigenvalue weighted by Gasteiger charge is 2.21. The molecule has 1 unspecified atom stereocenters. The predicted octanol–water partition coefficient (Wildman–Crippen LogP) is 2.33. The third-order valence-electron chi connectivity index (χ3n) is 3.52. The fourth-order valence-corrected chi connectivity index (χ4v) is 3.81.